The Morgan fingerprint density at radius 3 is 3.00 bits per heavy atom. The molecule has 25 heavy (non-hydrogen) atoms. The Balaban J connectivity index is 1.50. The number of nitrogens with one attached hydrogen (secondary N) is 2. The van der Waals surface area contributed by atoms with Crippen molar-refractivity contribution in [3.63, 3.8) is 0 Å². The van der Waals surface area contributed by atoms with E-state index in [0.717, 1.165) is 54.6 Å². The summed E-state index contributed by atoms with van der Waals surface area (Å²) in [6, 6.07) is 9.80. The van der Waals surface area contributed by atoms with Crippen molar-refractivity contribution in [1.82, 2.24) is 9.71 Å². The summed E-state index contributed by atoms with van der Waals surface area (Å²) in [4.78, 5) is 16.4. The van der Waals surface area contributed by atoms with Gasteiger partial charge in [0.15, 0.2) is 10.9 Å². The SMILES string of the molecule is NSNCCCCCC(=O)Nc1nc(-c2cc3ccccc3o2)cs1. The van der Waals surface area contributed by atoms with Crippen molar-refractivity contribution in [1.29, 1.82) is 0 Å². The maximum atomic E-state index is 12.0. The number of para-hydroxylation sites is 1. The Morgan fingerprint density at radius 2 is 2.16 bits per heavy atom. The average Bonchev–Trinajstić information content (AvgIpc) is 3.24. The lowest BCUT2D eigenvalue weighted by molar-refractivity contribution is -0.116. The lowest BCUT2D eigenvalue weighted by atomic mass is 10.2. The first-order valence-electron chi connectivity index (χ1n) is 8.09. The number of carbonyl (C=O) groups is 1. The molecule has 3 aromatic rings. The molecule has 6 nitrogen and oxygen atoms in total. The van der Waals surface area contributed by atoms with Gasteiger partial charge in [0.25, 0.3) is 0 Å². The highest BCUT2D eigenvalue weighted by atomic mass is 32.2. The minimum absolute atomic E-state index is 0.00772. The minimum atomic E-state index is -0.00772. The number of furan rings is 1. The smallest absolute Gasteiger partial charge is 0.226 e. The highest BCUT2D eigenvalue weighted by Gasteiger charge is 2.11. The van der Waals surface area contributed by atoms with Crippen LogP contribution in [0.25, 0.3) is 22.4 Å². The molecule has 0 spiro atoms. The zero-order valence-electron chi connectivity index (χ0n) is 13.7. The summed E-state index contributed by atoms with van der Waals surface area (Å²) in [5.74, 6) is 0.704. The van der Waals surface area contributed by atoms with E-state index >= 15 is 0 Å². The van der Waals surface area contributed by atoms with E-state index in [1.807, 2.05) is 35.7 Å². The van der Waals surface area contributed by atoms with Gasteiger partial charge in [-0.25, -0.2) is 4.98 Å². The van der Waals surface area contributed by atoms with Crippen LogP contribution in [0.1, 0.15) is 25.7 Å². The number of aromatic nitrogens is 1. The van der Waals surface area contributed by atoms with E-state index in [1.54, 1.807) is 0 Å². The minimum Gasteiger partial charge on any atom is -0.454 e. The molecule has 132 valence electrons. The normalized spacial score (nSPS) is 11.1. The molecular weight excluding hydrogens is 356 g/mol. The second kappa shape index (κ2) is 9.00. The van der Waals surface area contributed by atoms with E-state index in [0.29, 0.717) is 17.3 Å². The Kier molecular flexibility index (Phi) is 6.46. The van der Waals surface area contributed by atoms with Crippen LogP contribution in [0.2, 0.25) is 0 Å². The maximum Gasteiger partial charge on any atom is 0.226 e. The molecule has 2 aromatic heterocycles. The highest BCUT2D eigenvalue weighted by molar-refractivity contribution is 7.95. The number of anilines is 1. The predicted molar refractivity (Wildman–Crippen MR) is 104 cm³/mol. The molecule has 0 atom stereocenters. The van der Waals surface area contributed by atoms with Gasteiger partial charge in [-0.2, -0.15) is 0 Å². The van der Waals surface area contributed by atoms with Crippen molar-refractivity contribution in [2.24, 2.45) is 5.14 Å². The van der Waals surface area contributed by atoms with E-state index < -0.39 is 0 Å². The summed E-state index contributed by atoms with van der Waals surface area (Å²) < 4.78 is 8.78. The zero-order chi connectivity index (χ0) is 17.5. The van der Waals surface area contributed by atoms with Crippen LogP contribution >= 0.6 is 23.5 Å². The number of carbonyl (C=O) groups excluding carboxylic acids is 1. The van der Waals surface area contributed by atoms with Gasteiger partial charge in [-0.15, -0.1) is 11.3 Å². The molecule has 0 saturated heterocycles. The molecule has 2 heterocycles. The quantitative estimate of drug-likeness (QED) is 0.383. The van der Waals surface area contributed by atoms with Crippen LogP contribution in [-0.2, 0) is 4.79 Å². The summed E-state index contributed by atoms with van der Waals surface area (Å²) in [5.41, 5.74) is 1.57. The standard InChI is InChI=1S/C17H20N4O2S2/c18-25-19-9-5-1-2-8-16(22)21-17-20-13(11-24-17)15-10-12-6-3-4-7-14(12)23-15/h3-4,6-7,10-11,19H,1-2,5,8-9,18H2,(H,20,21,22). The summed E-state index contributed by atoms with van der Waals surface area (Å²) >= 11 is 2.53. The van der Waals surface area contributed by atoms with Gasteiger partial charge in [-0.1, -0.05) is 24.6 Å². The van der Waals surface area contributed by atoms with Crippen molar-refractivity contribution < 1.29 is 9.21 Å². The molecule has 3 rings (SSSR count). The van der Waals surface area contributed by atoms with Crippen molar-refractivity contribution >= 4 is 45.5 Å². The Labute approximate surface area is 154 Å². The molecule has 0 fully saturated rings. The van der Waals surface area contributed by atoms with E-state index in [-0.39, 0.29) is 5.91 Å². The summed E-state index contributed by atoms with van der Waals surface area (Å²) in [6.07, 6.45) is 3.34. The molecule has 0 aliphatic heterocycles. The molecule has 0 bridgehead atoms. The Bertz CT molecular complexity index is 798. The van der Waals surface area contributed by atoms with E-state index in [9.17, 15) is 4.79 Å². The van der Waals surface area contributed by atoms with Crippen LogP contribution in [0.3, 0.4) is 0 Å². The lowest BCUT2D eigenvalue weighted by Crippen LogP contribution is -2.12. The number of unbranched alkanes of at least 4 members (excludes halogenated alkanes) is 2. The fourth-order valence-corrected chi connectivity index (χ4v) is 3.43. The van der Waals surface area contributed by atoms with Crippen molar-refractivity contribution in [3.8, 4) is 11.5 Å². The summed E-state index contributed by atoms with van der Waals surface area (Å²) in [5, 5.41) is 11.7. The summed E-state index contributed by atoms with van der Waals surface area (Å²) in [7, 11) is 0. The average molecular weight is 377 g/mol. The van der Waals surface area contributed by atoms with Gasteiger partial charge in [-0.3, -0.25) is 14.7 Å². The van der Waals surface area contributed by atoms with Gasteiger partial charge >= 0.3 is 0 Å². The van der Waals surface area contributed by atoms with Gasteiger partial charge in [0.2, 0.25) is 5.91 Å². The number of fused-ring (bicyclic) bond motifs is 1. The largest absolute Gasteiger partial charge is 0.454 e. The Hall–Kier alpha value is -1.87. The topological polar surface area (TPSA) is 93.2 Å². The first-order chi connectivity index (χ1) is 12.3. The Morgan fingerprint density at radius 1 is 1.28 bits per heavy atom. The van der Waals surface area contributed by atoms with Gasteiger partial charge < -0.3 is 9.73 Å². The van der Waals surface area contributed by atoms with Gasteiger partial charge in [0.05, 0.1) is 0 Å². The molecule has 0 aliphatic rings. The number of amides is 1. The second-order valence-corrected chi connectivity index (χ2v) is 6.94. The number of hydrogen-bond donors (Lipinski definition) is 3. The van der Waals surface area contributed by atoms with Crippen LogP contribution in [-0.4, -0.2) is 17.4 Å². The molecule has 0 unspecified atom stereocenters. The fraction of sp³-hybridized carbons (Fsp3) is 0.294. The summed E-state index contributed by atoms with van der Waals surface area (Å²) in [6.45, 7) is 0.857. The molecule has 0 aliphatic carbocycles. The van der Waals surface area contributed by atoms with Gasteiger partial charge in [-0.05, 0) is 25.0 Å². The second-order valence-electron chi connectivity index (χ2n) is 5.56. The van der Waals surface area contributed by atoms with Crippen molar-refractivity contribution in [2.75, 3.05) is 11.9 Å². The third-order valence-electron chi connectivity index (χ3n) is 3.69. The third-order valence-corrected chi connectivity index (χ3v) is 4.82. The monoisotopic (exact) mass is 376 g/mol. The van der Waals surface area contributed by atoms with Gasteiger partial charge in [0.1, 0.15) is 11.3 Å². The molecule has 1 amide bonds. The van der Waals surface area contributed by atoms with Gasteiger partial charge in [0, 0.05) is 35.9 Å². The maximum absolute atomic E-state index is 12.0. The molecule has 0 radical (unpaired) electrons. The lowest BCUT2D eigenvalue weighted by Gasteiger charge is -2.02. The first-order valence-corrected chi connectivity index (χ1v) is 9.85. The zero-order valence-corrected chi connectivity index (χ0v) is 15.3. The van der Waals surface area contributed by atoms with E-state index in [4.69, 9.17) is 9.56 Å². The molecular formula is C17H20N4O2S2. The highest BCUT2D eigenvalue weighted by Crippen LogP contribution is 2.30. The predicted octanol–water partition coefficient (Wildman–Crippen LogP) is 4.17. The molecule has 4 N–H and O–H groups in total. The number of rotatable bonds is 9. The number of hydrogen-bond acceptors (Lipinski definition) is 7. The van der Waals surface area contributed by atoms with E-state index in [2.05, 4.69) is 15.0 Å². The van der Waals surface area contributed by atoms with Crippen LogP contribution in [0.4, 0.5) is 5.13 Å². The van der Waals surface area contributed by atoms with E-state index in [1.165, 1.54) is 11.3 Å². The number of nitrogens with zero attached hydrogens (tertiary/aromatic N) is 1. The fourth-order valence-electron chi connectivity index (χ4n) is 2.45. The van der Waals surface area contributed by atoms with Crippen LogP contribution in [0.15, 0.2) is 40.1 Å². The third kappa shape index (κ3) is 5.05. The number of nitrogens with two attached hydrogens (primary N) is 1. The van der Waals surface area contributed by atoms with Crippen molar-refractivity contribution in [3.05, 3.63) is 35.7 Å². The van der Waals surface area contributed by atoms with Crippen LogP contribution in [0.5, 0.6) is 0 Å². The molecule has 0 saturated carbocycles. The molecule has 8 heteroatoms. The first kappa shape index (κ1) is 17.9. The van der Waals surface area contributed by atoms with Crippen molar-refractivity contribution in [2.45, 2.75) is 25.7 Å². The van der Waals surface area contributed by atoms with Crippen LogP contribution in [0, 0.1) is 0 Å². The number of thiazole rings is 1. The van der Waals surface area contributed by atoms with Crippen LogP contribution < -0.4 is 15.2 Å². The number of benzene rings is 1. The molecule has 1 aromatic carbocycles.